The number of thiazole rings is 1. The molecular formula is C8H7ClN4S. The number of hydrogen-bond donors (Lipinski definition) is 1. The van der Waals surface area contributed by atoms with Crippen molar-refractivity contribution in [3.05, 3.63) is 10.8 Å². The molecule has 2 heterocycles. The van der Waals surface area contributed by atoms with Crippen molar-refractivity contribution in [1.29, 1.82) is 0 Å². The van der Waals surface area contributed by atoms with Gasteiger partial charge < -0.3 is 5.32 Å². The molecule has 3 rings (SSSR count). The zero-order chi connectivity index (χ0) is 9.54. The van der Waals surface area contributed by atoms with E-state index in [1.54, 1.807) is 5.51 Å². The van der Waals surface area contributed by atoms with E-state index in [0.717, 1.165) is 16.2 Å². The van der Waals surface area contributed by atoms with Gasteiger partial charge in [-0.2, -0.15) is 4.98 Å². The van der Waals surface area contributed by atoms with Gasteiger partial charge in [0.1, 0.15) is 5.52 Å². The van der Waals surface area contributed by atoms with Crippen molar-refractivity contribution in [2.24, 2.45) is 0 Å². The molecule has 0 unspecified atom stereocenters. The molecule has 72 valence electrons. The average Bonchev–Trinajstić information content (AvgIpc) is 2.81. The summed E-state index contributed by atoms with van der Waals surface area (Å²) >= 11 is 7.28. The first-order valence-electron chi connectivity index (χ1n) is 4.36. The van der Waals surface area contributed by atoms with Gasteiger partial charge in [0.25, 0.3) is 0 Å². The lowest BCUT2D eigenvalue weighted by molar-refractivity contribution is 1.10. The molecule has 0 bridgehead atoms. The van der Waals surface area contributed by atoms with Crippen LogP contribution in [-0.4, -0.2) is 21.0 Å². The van der Waals surface area contributed by atoms with Crippen molar-refractivity contribution in [2.45, 2.75) is 18.9 Å². The Morgan fingerprint density at radius 3 is 3.07 bits per heavy atom. The van der Waals surface area contributed by atoms with Crippen molar-refractivity contribution in [3.63, 3.8) is 0 Å². The fourth-order valence-electron chi connectivity index (χ4n) is 1.26. The van der Waals surface area contributed by atoms with Gasteiger partial charge >= 0.3 is 0 Å². The summed E-state index contributed by atoms with van der Waals surface area (Å²) < 4.78 is 0. The minimum absolute atomic E-state index is 0.282. The Hall–Kier alpha value is -0.940. The third-order valence-corrected chi connectivity index (χ3v) is 2.98. The number of aromatic nitrogens is 3. The maximum absolute atomic E-state index is 5.80. The summed E-state index contributed by atoms with van der Waals surface area (Å²) in [6.45, 7) is 0. The lowest BCUT2D eigenvalue weighted by Crippen LogP contribution is -2.04. The lowest BCUT2D eigenvalue weighted by Gasteiger charge is -2.03. The smallest absolute Gasteiger partial charge is 0.225 e. The molecule has 1 N–H and O–H groups in total. The van der Waals surface area contributed by atoms with E-state index < -0.39 is 0 Å². The molecule has 1 aliphatic carbocycles. The predicted octanol–water partition coefficient (Wildman–Crippen LogP) is 2.31. The van der Waals surface area contributed by atoms with Gasteiger partial charge in [0.05, 0.1) is 5.51 Å². The molecule has 0 spiro atoms. The normalized spacial score (nSPS) is 16.1. The van der Waals surface area contributed by atoms with Gasteiger partial charge in [-0.3, -0.25) is 0 Å². The van der Waals surface area contributed by atoms with E-state index in [2.05, 4.69) is 20.3 Å². The quantitative estimate of drug-likeness (QED) is 0.799. The van der Waals surface area contributed by atoms with Crippen molar-refractivity contribution in [1.82, 2.24) is 15.0 Å². The molecule has 6 heteroatoms. The second kappa shape index (κ2) is 3.03. The highest BCUT2D eigenvalue weighted by atomic mass is 35.5. The molecule has 4 nitrogen and oxygen atoms in total. The number of anilines is 1. The average molecular weight is 227 g/mol. The first kappa shape index (κ1) is 8.38. The predicted molar refractivity (Wildman–Crippen MR) is 56.9 cm³/mol. The van der Waals surface area contributed by atoms with Gasteiger partial charge in [0, 0.05) is 6.04 Å². The van der Waals surface area contributed by atoms with E-state index in [4.69, 9.17) is 11.6 Å². The van der Waals surface area contributed by atoms with Crippen LogP contribution in [0.25, 0.3) is 10.3 Å². The molecule has 0 amide bonds. The molecule has 2 aromatic heterocycles. The van der Waals surface area contributed by atoms with E-state index in [9.17, 15) is 0 Å². The summed E-state index contributed by atoms with van der Waals surface area (Å²) in [6, 6.07) is 0.547. The van der Waals surface area contributed by atoms with Gasteiger partial charge in [0.2, 0.25) is 5.28 Å². The maximum Gasteiger partial charge on any atom is 0.225 e. The van der Waals surface area contributed by atoms with E-state index in [1.807, 2.05) is 0 Å². The molecule has 0 atom stereocenters. The first-order valence-corrected chi connectivity index (χ1v) is 5.62. The van der Waals surface area contributed by atoms with Crippen molar-refractivity contribution in [2.75, 3.05) is 5.32 Å². The summed E-state index contributed by atoms with van der Waals surface area (Å²) in [4.78, 5) is 13.3. The maximum atomic E-state index is 5.80. The van der Waals surface area contributed by atoms with Gasteiger partial charge in [-0.15, -0.1) is 11.3 Å². The van der Waals surface area contributed by atoms with Crippen molar-refractivity contribution >= 4 is 39.1 Å². The van der Waals surface area contributed by atoms with E-state index in [1.165, 1.54) is 24.2 Å². The zero-order valence-corrected chi connectivity index (χ0v) is 8.77. The van der Waals surface area contributed by atoms with Gasteiger partial charge in [-0.1, -0.05) is 0 Å². The Labute approximate surface area is 89.4 Å². The Morgan fingerprint density at radius 2 is 2.29 bits per heavy atom. The van der Waals surface area contributed by atoms with Crippen LogP contribution in [0, 0.1) is 0 Å². The van der Waals surface area contributed by atoms with Gasteiger partial charge in [-0.05, 0) is 24.4 Å². The summed E-state index contributed by atoms with van der Waals surface area (Å²) in [7, 11) is 0. The van der Waals surface area contributed by atoms with Crippen LogP contribution in [0.4, 0.5) is 5.82 Å². The summed E-state index contributed by atoms with van der Waals surface area (Å²) in [6.07, 6.45) is 2.40. The van der Waals surface area contributed by atoms with Crippen LogP contribution < -0.4 is 5.32 Å². The summed E-state index contributed by atoms with van der Waals surface area (Å²) in [5.74, 6) is 0.767. The second-order valence-electron chi connectivity index (χ2n) is 3.27. The summed E-state index contributed by atoms with van der Waals surface area (Å²) in [5.41, 5.74) is 2.58. The first-order chi connectivity index (χ1) is 6.83. The molecular weight excluding hydrogens is 220 g/mol. The van der Waals surface area contributed by atoms with E-state index >= 15 is 0 Å². The minimum atomic E-state index is 0.282. The van der Waals surface area contributed by atoms with Crippen LogP contribution in [0.2, 0.25) is 5.28 Å². The highest BCUT2D eigenvalue weighted by Gasteiger charge is 2.23. The Morgan fingerprint density at radius 1 is 1.43 bits per heavy atom. The Kier molecular flexibility index (Phi) is 1.81. The number of hydrogen-bond acceptors (Lipinski definition) is 5. The molecule has 1 fully saturated rings. The van der Waals surface area contributed by atoms with Crippen molar-refractivity contribution in [3.8, 4) is 0 Å². The van der Waals surface area contributed by atoms with E-state index in [0.29, 0.717) is 6.04 Å². The topological polar surface area (TPSA) is 50.7 Å². The van der Waals surface area contributed by atoms with Crippen LogP contribution in [0.3, 0.4) is 0 Å². The lowest BCUT2D eigenvalue weighted by atomic mass is 10.5. The largest absolute Gasteiger partial charge is 0.365 e. The van der Waals surface area contributed by atoms with Crippen LogP contribution in [0.5, 0.6) is 0 Å². The molecule has 0 aliphatic heterocycles. The molecule has 1 aliphatic rings. The standard InChI is InChI=1S/C8H7ClN4S/c9-8-12-6(11-4-1-2-4)5-7(13-8)14-3-10-5/h3-4H,1-2H2,(H,11,12,13). The molecule has 0 saturated heterocycles. The Balaban J connectivity index is 2.13. The SMILES string of the molecule is Clc1nc(NC2CC2)c2ncsc2n1. The Bertz CT molecular complexity index is 479. The number of rotatable bonds is 2. The third-order valence-electron chi connectivity index (χ3n) is 2.09. The van der Waals surface area contributed by atoms with Crippen LogP contribution in [-0.2, 0) is 0 Å². The molecule has 1 saturated carbocycles. The molecule has 14 heavy (non-hydrogen) atoms. The zero-order valence-electron chi connectivity index (χ0n) is 7.20. The molecule has 2 aromatic rings. The highest BCUT2D eigenvalue weighted by molar-refractivity contribution is 7.16. The minimum Gasteiger partial charge on any atom is -0.365 e. The highest BCUT2D eigenvalue weighted by Crippen LogP contribution is 2.29. The molecule has 0 radical (unpaired) electrons. The fourth-order valence-corrected chi connectivity index (χ4v) is 2.13. The number of nitrogens with zero attached hydrogens (tertiary/aromatic N) is 3. The fraction of sp³-hybridized carbons (Fsp3) is 0.375. The second-order valence-corrected chi connectivity index (χ2v) is 4.44. The van der Waals surface area contributed by atoms with Gasteiger partial charge in [0.15, 0.2) is 10.6 Å². The number of nitrogens with one attached hydrogen (secondary N) is 1. The third kappa shape index (κ3) is 1.42. The summed E-state index contributed by atoms with van der Waals surface area (Å²) in [5, 5.41) is 3.58. The van der Waals surface area contributed by atoms with Crippen LogP contribution in [0.15, 0.2) is 5.51 Å². The molecule has 0 aromatic carbocycles. The number of fused-ring (bicyclic) bond motifs is 1. The number of halogens is 1. The van der Waals surface area contributed by atoms with E-state index in [-0.39, 0.29) is 5.28 Å². The van der Waals surface area contributed by atoms with Crippen LogP contribution in [0.1, 0.15) is 12.8 Å². The van der Waals surface area contributed by atoms with Crippen molar-refractivity contribution < 1.29 is 0 Å². The van der Waals surface area contributed by atoms with Gasteiger partial charge in [-0.25, -0.2) is 9.97 Å². The monoisotopic (exact) mass is 226 g/mol. The van der Waals surface area contributed by atoms with Crippen LogP contribution >= 0.6 is 22.9 Å².